The number of carbonyl (C=O) groups is 1. The molecule has 0 aliphatic carbocycles. The van der Waals surface area contributed by atoms with Crippen LogP contribution in [-0.2, 0) is 19.5 Å². The molecule has 0 bridgehead atoms. The van der Waals surface area contributed by atoms with E-state index in [0.717, 1.165) is 47.8 Å². The topological polar surface area (TPSA) is 88.3 Å². The van der Waals surface area contributed by atoms with Gasteiger partial charge in [-0.3, -0.25) is 9.78 Å². The van der Waals surface area contributed by atoms with Gasteiger partial charge in [0.2, 0.25) is 0 Å². The number of aromatic nitrogens is 5. The number of anilines is 1. The van der Waals surface area contributed by atoms with Gasteiger partial charge in [-0.25, -0.2) is 14.5 Å². The SMILES string of the molecule is Cc1cc(C(=O)NCc2ccc3ncnn3c2)cnc1N1CCc2ncccc2C1. The summed E-state index contributed by atoms with van der Waals surface area (Å²) in [5.41, 5.74) is 5.65. The third-order valence-corrected chi connectivity index (χ3v) is 5.37. The Kier molecular flexibility index (Phi) is 4.59. The summed E-state index contributed by atoms with van der Waals surface area (Å²) in [5, 5.41) is 7.07. The number of carbonyl (C=O) groups excluding carboxylic acids is 1. The first kappa shape index (κ1) is 18.2. The number of amides is 1. The molecule has 150 valence electrons. The molecule has 30 heavy (non-hydrogen) atoms. The summed E-state index contributed by atoms with van der Waals surface area (Å²) in [6.07, 6.45) is 7.76. The second kappa shape index (κ2) is 7.55. The first-order chi connectivity index (χ1) is 14.7. The molecule has 0 fully saturated rings. The molecule has 0 saturated heterocycles. The van der Waals surface area contributed by atoms with Gasteiger partial charge in [0.15, 0.2) is 5.65 Å². The number of nitrogens with one attached hydrogen (secondary N) is 1. The highest BCUT2D eigenvalue weighted by molar-refractivity contribution is 5.94. The van der Waals surface area contributed by atoms with Gasteiger partial charge < -0.3 is 10.2 Å². The van der Waals surface area contributed by atoms with Crippen molar-refractivity contribution in [3.05, 3.63) is 83.2 Å². The van der Waals surface area contributed by atoms with E-state index in [0.29, 0.717) is 12.1 Å². The lowest BCUT2D eigenvalue weighted by molar-refractivity contribution is 0.0950. The molecule has 1 amide bonds. The Morgan fingerprint density at radius 3 is 3.03 bits per heavy atom. The maximum atomic E-state index is 12.6. The smallest absolute Gasteiger partial charge is 0.253 e. The molecular weight excluding hydrogens is 378 g/mol. The third-order valence-electron chi connectivity index (χ3n) is 5.37. The first-order valence-electron chi connectivity index (χ1n) is 9.88. The molecule has 1 aliphatic heterocycles. The van der Waals surface area contributed by atoms with Gasteiger partial charge in [0.05, 0.1) is 5.56 Å². The van der Waals surface area contributed by atoms with Crippen LogP contribution in [0.15, 0.2) is 55.2 Å². The Morgan fingerprint density at radius 2 is 2.13 bits per heavy atom. The Labute approximate surface area is 173 Å². The fourth-order valence-electron chi connectivity index (χ4n) is 3.82. The molecule has 0 saturated carbocycles. The third kappa shape index (κ3) is 3.47. The van der Waals surface area contributed by atoms with Gasteiger partial charge in [-0.2, -0.15) is 5.10 Å². The lowest BCUT2D eigenvalue weighted by Crippen LogP contribution is -2.32. The van der Waals surface area contributed by atoms with Gasteiger partial charge in [-0.1, -0.05) is 12.1 Å². The lowest BCUT2D eigenvalue weighted by atomic mass is 10.0. The van der Waals surface area contributed by atoms with Gasteiger partial charge in [0.1, 0.15) is 12.1 Å². The molecule has 8 nitrogen and oxygen atoms in total. The average Bonchev–Trinajstić information content (AvgIpc) is 3.25. The average molecular weight is 399 g/mol. The molecular formula is C22H21N7O. The number of nitrogens with zero attached hydrogens (tertiary/aromatic N) is 6. The summed E-state index contributed by atoms with van der Waals surface area (Å²) in [6, 6.07) is 9.79. The zero-order valence-corrected chi connectivity index (χ0v) is 16.6. The van der Waals surface area contributed by atoms with Crippen molar-refractivity contribution in [1.29, 1.82) is 0 Å². The summed E-state index contributed by atoms with van der Waals surface area (Å²) in [7, 11) is 0. The highest BCUT2D eigenvalue weighted by atomic mass is 16.1. The van der Waals surface area contributed by atoms with E-state index >= 15 is 0 Å². The van der Waals surface area contributed by atoms with Crippen LogP contribution in [0.5, 0.6) is 0 Å². The molecule has 0 aromatic carbocycles. The summed E-state index contributed by atoms with van der Waals surface area (Å²) >= 11 is 0. The quantitative estimate of drug-likeness (QED) is 0.567. The van der Waals surface area contributed by atoms with E-state index < -0.39 is 0 Å². The largest absolute Gasteiger partial charge is 0.352 e. The normalized spacial score (nSPS) is 13.3. The fraction of sp³-hybridized carbons (Fsp3) is 0.227. The second-order valence-corrected chi connectivity index (χ2v) is 7.43. The summed E-state index contributed by atoms with van der Waals surface area (Å²) in [5.74, 6) is 0.765. The maximum absolute atomic E-state index is 12.6. The zero-order valence-electron chi connectivity index (χ0n) is 16.6. The monoisotopic (exact) mass is 399 g/mol. The van der Waals surface area contributed by atoms with Crippen molar-refractivity contribution in [2.45, 2.75) is 26.4 Å². The van der Waals surface area contributed by atoms with Crippen molar-refractivity contribution in [1.82, 2.24) is 29.9 Å². The molecule has 0 spiro atoms. The Morgan fingerprint density at radius 1 is 1.20 bits per heavy atom. The van der Waals surface area contributed by atoms with Crippen molar-refractivity contribution in [2.75, 3.05) is 11.4 Å². The van der Waals surface area contributed by atoms with Crippen LogP contribution in [-0.4, -0.2) is 37.0 Å². The van der Waals surface area contributed by atoms with Gasteiger partial charge in [-0.05, 0) is 41.8 Å². The highest BCUT2D eigenvalue weighted by Gasteiger charge is 2.20. The summed E-state index contributed by atoms with van der Waals surface area (Å²) < 4.78 is 1.69. The van der Waals surface area contributed by atoms with E-state index in [2.05, 4.69) is 36.3 Å². The minimum absolute atomic E-state index is 0.149. The van der Waals surface area contributed by atoms with E-state index in [9.17, 15) is 4.79 Å². The summed E-state index contributed by atoms with van der Waals surface area (Å²) in [4.78, 5) is 28.1. The van der Waals surface area contributed by atoms with E-state index in [1.54, 1.807) is 10.7 Å². The van der Waals surface area contributed by atoms with Crippen LogP contribution in [0.25, 0.3) is 5.65 Å². The molecule has 1 N–H and O–H groups in total. The number of aryl methyl sites for hydroxylation is 1. The standard InChI is InChI=1S/C22H21N7O/c1-15-9-18(22(30)25-10-16-4-5-20-26-14-27-29(20)12-16)11-24-21(15)28-8-6-19-17(13-28)3-2-7-23-19/h2-5,7,9,11-12,14H,6,8,10,13H2,1H3,(H,25,30). The predicted molar refractivity (Wildman–Crippen MR) is 112 cm³/mol. The zero-order chi connectivity index (χ0) is 20.5. The minimum atomic E-state index is -0.149. The second-order valence-electron chi connectivity index (χ2n) is 7.43. The Hall–Kier alpha value is -3.81. The first-order valence-corrected chi connectivity index (χ1v) is 9.88. The van der Waals surface area contributed by atoms with Crippen LogP contribution in [0.3, 0.4) is 0 Å². The number of hydrogen-bond donors (Lipinski definition) is 1. The van der Waals surface area contributed by atoms with Crippen LogP contribution in [0, 0.1) is 6.92 Å². The molecule has 4 aromatic rings. The lowest BCUT2D eigenvalue weighted by Gasteiger charge is -2.30. The van der Waals surface area contributed by atoms with Crippen molar-refractivity contribution in [3.8, 4) is 0 Å². The van der Waals surface area contributed by atoms with Gasteiger partial charge >= 0.3 is 0 Å². The number of hydrogen-bond acceptors (Lipinski definition) is 6. The molecule has 0 unspecified atom stereocenters. The van der Waals surface area contributed by atoms with Crippen molar-refractivity contribution < 1.29 is 4.79 Å². The molecule has 0 radical (unpaired) electrons. The van der Waals surface area contributed by atoms with Crippen molar-refractivity contribution in [3.63, 3.8) is 0 Å². The van der Waals surface area contributed by atoms with Crippen LogP contribution in [0.4, 0.5) is 5.82 Å². The van der Waals surface area contributed by atoms with Gasteiger partial charge in [-0.15, -0.1) is 0 Å². The van der Waals surface area contributed by atoms with Crippen LogP contribution >= 0.6 is 0 Å². The molecule has 5 heterocycles. The van der Waals surface area contributed by atoms with Crippen molar-refractivity contribution >= 4 is 17.4 Å². The van der Waals surface area contributed by atoms with Crippen LogP contribution in [0.1, 0.15) is 32.7 Å². The van der Waals surface area contributed by atoms with E-state index in [-0.39, 0.29) is 5.91 Å². The molecule has 1 aliphatic rings. The molecule has 8 heteroatoms. The van der Waals surface area contributed by atoms with Crippen molar-refractivity contribution in [2.24, 2.45) is 0 Å². The highest BCUT2D eigenvalue weighted by Crippen LogP contribution is 2.24. The number of rotatable bonds is 4. The Bertz CT molecular complexity index is 1230. The predicted octanol–water partition coefficient (Wildman–Crippen LogP) is 2.32. The minimum Gasteiger partial charge on any atom is -0.352 e. The van der Waals surface area contributed by atoms with Gasteiger partial charge in [0.25, 0.3) is 5.91 Å². The molecule has 4 aromatic heterocycles. The molecule has 0 atom stereocenters. The number of fused-ring (bicyclic) bond motifs is 2. The van der Waals surface area contributed by atoms with E-state index in [4.69, 9.17) is 0 Å². The molecule has 5 rings (SSSR count). The van der Waals surface area contributed by atoms with Crippen LogP contribution < -0.4 is 10.2 Å². The summed E-state index contributed by atoms with van der Waals surface area (Å²) in [6.45, 7) is 4.06. The van der Waals surface area contributed by atoms with E-state index in [1.807, 2.05) is 43.6 Å². The van der Waals surface area contributed by atoms with Gasteiger partial charge in [0, 0.05) is 50.3 Å². The Balaban J connectivity index is 1.27. The van der Waals surface area contributed by atoms with Crippen LogP contribution in [0.2, 0.25) is 0 Å². The van der Waals surface area contributed by atoms with E-state index in [1.165, 1.54) is 11.9 Å². The number of pyridine rings is 3. The maximum Gasteiger partial charge on any atom is 0.253 e. The fourth-order valence-corrected chi connectivity index (χ4v) is 3.82.